The molecule has 0 bridgehead atoms. The number of aromatic nitrogens is 2. The molecule has 2 aromatic rings. The van der Waals surface area contributed by atoms with E-state index in [9.17, 15) is 10.1 Å². The number of anilines is 1. The fourth-order valence-corrected chi connectivity index (χ4v) is 2.88. The minimum Gasteiger partial charge on any atom is -0.477 e. The van der Waals surface area contributed by atoms with Crippen LogP contribution < -0.4 is 9.64 Å². The predicted molar refractivity (Wildman–Crippen MR) is 103 cm³/mol. The van der Waals surface area contributed by atoms with Crippen LogP contribution in [0.3, 0.4) is 0 Å². The molecule has 0 radical (unpaired) electrons. The Morgan fingerprint density at radius 1 is 1.26 bits per heavy atom. The normalized spacial score (nSPS) is 13.5. The summed E-state index contributed by atoms with van der Waals surface area (Å²) in [4.78, 5) is 21.1. The number of ether oxygens (including phenoxy) is 1. The number of piperidine rings is 1. The lowest BCUT2D eigenvalue weighted by molar-refractivity contribution is -0.384. The summed E-state index contributed by atoms with van der Waals surface area (Å²) in [5.41, 5.74) is 2.03. The van der Waals surface area contributed by atoms with Crippen LogP contribution in [0.5, 0.6) is 5.88 Å². The van der Waals surface area contributed by atoms with Crippen LogP contribution in [0.25, 0.3) is 0 Å². The summed E-state index contributed by atoms with van der Waals surface area (Å²) >= 11 is 0. The summed E-state index contributed by atoms with van der Waals surface area (Å²) in [6.45, 7) is 3.82. The Hall–Kier alpha value is -3.40. The number of hydrogen-bond acceptors (Lipinski definition) is 6. The summed E-state index contributed by atoms with van der Waals surface area (Å²) in [5.74, 6) is 7.14. The highest BCUT2D eigenvalue weighted by atomic mass is 16.6. The highest BCUT2D eigenvalue weighted by Gasteiger charge is 2.23. The Kier molecular flexibility index (Phi) is 6.00. The standard InChI is InChI=1S/C20H20N4O3/c1-2-27-20-17(8-4-13-22-20)7-3-6-16-10-14-23(15-11-16)19-18(24(25)26)9-5-12-21-19/h4-6,8-9,12-13H,2,10-11,14-15H2,1H3. The molecule has 1 saturated heterocycles. The van der Waals surface area contributed by atoms with Gasteiger partial charge in [-0.1, -0.05) is 17.4 Å². The molecule has 0 atom stereocenters. The van der Waals surface area contributed by atoms with E-state index in [0.717, 1.165) is 18.4 Å². The zero-order chi connectivity index (χ0) is 19.1. The molecule has 1 aliphatic rings. The smallest absolute Gasteiger partial charge is 0.311 e. The topological polar surface area (TPSA) is 81.4 Å². The van der Waals surface area contributed by atoms with Crippen molar-refractivity contribution in [2.45, 2.75) is 19.8 Å². The number of rotatable bonds is 4. The summed E-state index contributed by atoms with van der Waals surface area (Å²) in [6.07, 6.45) is 6.79. The molecule has 0 N–H and O–H groups in total. The summed E-state index contributed by atoms with van der Waals surface area (Å²) in [5, 5.41) is 11.2. The molecule has 7 heteroatoms. The number of nitrogens with zero attached hydrogens (tertiary/aromatic N) is 4. The van der Waals surface area contributed by atoms with E-state index in [4.69, 9.17) is 4.74 Å². The third-order valence-electron chi connectivity index (χ3n) is 4.20. The van der Waals surface area contributed by atoms with Crippen LogP contribution >= 0.6 is 0 Å². The Labute approximate surface area is 157 Å². The second kappa shape index (κ2) is 8.81. The van der Waals surface area contributed by atoms with Gasteiger partial charge >= 0.3 is 5.69 Å². The van der Waals surface area contributed by atoms with Crippen LogP contribution in [0.1, 0.15) is 25.3 Å². The van der Waals surface area contributed by atoms with Crippen LogP contribution in [-0.2, 0) is 0 Å². The lowest BCUT2D eigenvalue weighted by Crippen LogP contribution is -2.31. The molecule has 0 unspecified atom stereocenters. The van der Waals surface area contributed by atoms with Gasteiger partial charge in [-0.05, 0) is 44.0 Å². The second-order valence-electron chi connectivity index (χ2n) is 5.95. The third kappa shape index (κ3) is 4.61. The van der Waals surface area contributed by atoms with Gasteiger partial charge in [0.2, 0.25) is 11.7 Å². The molecular weight excluding hydrogens is 344 g/mol. The monoisotopic (exact) mass is 364 g/mol. The first-order valence-corrected chi connectivity index (χ1v) is 8.80. The highest BCUT2D eigenvalue weighted by molar-refractivity contribution is 5.58. The van der Waals surface area contributed by atoms with Crippen LogP contribution in [0.2, 0.25) is 0 Å². The van der Waals surface area contributed by atoms with Crippen LogP contribution in [0.15, 0.2) is 48.3 Å². The van der Waals surface area contributed by atoms with Crippen molar-refractivity contribution in [3.63, 3.8) is 0 Å². The average molecular weight is 364 g/mol. The maximum atomic E-state index is 11.2. The van der Waals surface area contributed by atoms with E-state index >= 15 is 0 Å². The van der Waals surface area contributed by atoms with Crippen molar-refractivity contribution >= 4 is 11.5 Å². The third-order valence-corrected chi connectivity index (χ3v) is 4.20. The average Bonchev–Trinajstić information content (AvgIpc) is 2.70. The fourth-order valence-electron chi connectivity index (χ4n) is 2.88. The predicted octanol–water partition coefficient (Wildman–Crippen LogP) is 3.36. The van der Waals surface area contributed by atoms with Gasteiger partial charge in [0, 0.05) is 31.5 Å². The molecule has 3 rings (SSSR count). The number of hydrogen-bond donors (Lipinski definition) is 0. The van der Waals surface area contributed by atoms with Crippen molar-refractivity contribution in [1.29, 1.82) is 0 Å². The molecule has 0 amide bonds. The van der Waals surface area contributed by atoms with Gasteiger partial charge in [-0.25, -0.2) is 9.97 Å². The Balaban J connectivity index is 1.66. The van der Waals surface area contributed by atoms with Crippen molar-refractivity contribution in [2.24, 2.45) is 0 Å². The Morgan fingerprint density at radius 2 is 2.00 bits per heavy atom. The number of allylic oxidation sites excluding steroid dienone is 1. The molecule has 27 heavy (non-hydrogen) atoms. The van der Waals surface area contributed by atoms with Crippen molar-refractivity contribution in [3.05, 3.63) is 64.0 Å². The quantitative estimate of drug-likeness (QED) is 0.470. The molecule has 1 aliphatic heterocycles. The van der Waals surface area contributed by atoms with Crippen molar-refractivity contribution in [3.8, 4) is 17.7 Å². The molecule has 0 aliphatic carbocycles. The first-order valence-electron chi connectivity index (χ1n) is 8.80. The molecule has 0 aromatic carbocycles. The molecule has 2 aromatic heterocycles. The fraction of sp³-hybridized carbons (Fsp3) is 0.300. The van der Waals surface area contributed by atoms with Gasteiger partial charge in [0.25, 0.3) is 0 Å². The SMILES string of the molecule is CCOc1ncccc1C#CC=C1CCN(c2ncccc2[N+](=O)[O-])CC1. The lowest BCUT2D eigenvalue weighted by Gasteiger charge is -2.28. The zero-order valence-electron chi connectivity index (χ0n) is 15.1. The Morgan fingerprint density at radius 3 is 2.74 bits per heavy atom. The van der Waals surface area contributed by atoms with Gasteiger partial charge < -0.3 is 9.64 Å². The van der Waals surface area contributed by atoms with Gasteiger partial charge in [0.1, 0.15) is 0 Å². The van der Waals surface area contributed by atoms with Crippen LogP contribution in [-0.4, -0.2) is 34.6 Å². The van der Waals surface area contributed by atoms with E-state index in [1.807, 2.05) is 30.0 Å². The second-order valence-corrected chi connectivity index (χ2v) is 5.95. The van der Waals surface area contributed by atoms with Crippen molar-refractivity contribution in [1.82, 2.24) is 9.97 Å². The maximum Gasteiger partial charge on any atom is 0.311 e. The summed E-state index contributed by atoms with van der Waals surface area (Å²) < 4.78 is 5.47. The molecule has 138 valence electrons. The summed E-state index contributed by atoms with van der Waals surface area (Å²) in [7, 11) is 0. The van der Waals surface area contributed by atoms with Gasteiger partial charge in [0.15, 0.2) is 0 Å². The van der Waals surface area contributed by atoms with E-state index in [2.05, 4.69) is 21.8 Å². The van der Waals surface area contributed by atoms with Gasteiger partial charge in [-0.2, -0.15) is 0 Å². The molecule has 7 nitrogen and oxygen atoms in total. The van der Waals surface area contributed by atoms with E-state index in [1.165, 1.54) is 11.6 Å². The zero-order valence-corrected chi connectivity index (χ0v) is 15.1. The van der Waals surface area contributed by atoms with Crippen molar-refractivity contribution < 1.29 is 9.66 Å². The molecule has 0 spiro atoms. The molecule has 1 fully saturated rings. The summed E-state index contributed by atoms with van der Waals surface area (Å²) in [6, 6.07) is 6.79. The highest BCUT2D eigenvalue weighted by Crippen LogP contribution is 2.28. The largest absolute Gasteiger partial charge is 0.477 e. The molecule has 3 heterocycles. The van der Waals surface area contributed by atoms with Gasteiger partial charge in [-0.3, -0.25) is 10.1 Å². The van der Waals surface area contributed by atoms with E-state index < -0.39 is 0 Å². The van der Waals surface area contributed by atoms with Gasteiger partial charge in [-0.15, -0.1) is 0 Å². The minimum absolute atomic E-state index is 0.0461. The Bertz CT molecular complexity index is 905. The van der Waals surface area contributed by atoms with E-state index in [-0.39, 0.29) is 10.6 Å². The number of nitro groups is 1. The minimum atomic E-state index is -0.386. The molecular formula is C20H20N4O3. The van der Waals surface area contributed by atoms with Crippen molar-refractivity contribution in [2.75, 3.05) is 24.6 Å². The first kappa shape index (κ1) is 18.4. The number of pyridine rings is 2. The van der Waals surface area contributed by atoms with Gasteiger partial charge in [0.05, 0.1) is 17.1 Å². The van der Waals surface area contributed by atoms with E-state index in [1.54, 1.807) is 18.5 Å². The molecule has 0 saturated carbocycles. The van der Waals surface area contributed by atoms with Crippen LogP contribution in [0, 0.1) is 22.0 Å². The van der Waals surface area contributed by atoms with Crippen LogP contribution in [0.4, 0.5) is 11.5 Å². The van der Waals surface area contributed by atoms with E-state index in [0.29, 0.717) is 31.4 Å². The lowest BCUT2D eigenvalue weighted by atomic mass is 10.0. The maximum absolute atomic E-state index is 11.2. The first-order chi connectivity index (χ1) is 13.2.